The average molecular weight is 449 g/mol. The summed E-state index contributed by atoms with van der Waals surface area (Å²) in [5.41, 5.74) is 8.64. The summed E-state index contributed by atoms with van der Waals surface area (Å²) >= 11 is 0. The van der Waals surface area contributed by atoms with Crippen molar-refractivity contribution in [1.29, 1.82) is 0 Å². The lowest BCUT2D eigenvalue weighted by Crippen LogP contribution is -2.47. The third-order valence-corrected chi connectivity index (χ3v) is 4.54. The van der Waals surface area contributed by atoms with E-state index in [4.69, 9.17) is 5.73 Å². The van der Waals surface area contributed by atoms with Gasteiger partial charge in [-0.3, -0.25) is 14.7 Å². The van der Waals surface area contributed by atoms with Crippen molar-refractivity contribution >= 4 is 54.5 Å². The summed E-state index contributed by atoms with van der Waals surface area (Å²) < 4.78 is 0. The fourth-order valence-electron chi connectivity index (χ4n) is 3.11. The van der Waals surface area contributed by atoms with Gasteiger partial charge in [0.15, 0.2) is 0 Å². The number of benzene rings is 1. The molecular formula is C19H28Cl3N5O. The Bertz CT molecular complexity index is 697. The van der Waals surface area contributed by atoms with E-state index in [1.54, 1.807) is 0 Å². The van der Waals surface area contributed by atoms with Gasteiger partial charge in [-0.25, -0.2) is 0 Å². The fraction of sp³-hybridized carbons (Fsp3) is 0.368. The van der Waals surface area contributed by atoms with E-state index >= 15 is 0 Å². The van der Waals surface area contributed by atoms with Crippen molar-refractivity contribution in [3.63, 3.8) is 0 Å². The lowest BCUT2D eigenvalue weighted by molar-refractivity contribution is -0.114. The first-order valence-electron chi connectivity index (χ1n) is 8.71. The molecule has 0 bridgehead atoms. The highest BCUT2D eigenvalue weighted by molar-refractivity contribution is 5.95. The molecule has 1 aliphatic heterocycles. The van der Waals surface area contributed by atoms with Gasteiger partial charge in [0.2, 0.25) is 5.91 Å². The summed E-state index contributed by atoms with van der Waals surface area (Å²) in [5, 5.41) is 2.89. The number of nitrogens with zero attached hydrogens (tertiary/aromatic N) is 3. The first kappa shape index (κ1) is 26.4. The van der Waals surface area contributed by atoms with E-state index in [1.807, 2.05) is 30.6 Å². The number of hydrogen-bond acceptors (Lipinski definition) is 5. The van der Waals surface area contributed by atoms with Gasteiger partial charge in [-0.15, -0.1) is 37.2 Å². The highest BCUT2D eigenvalue weighted by atomic mass is 35.5. The number of carbonyl (C=O) groups excluding carboxylic acids is 1. The van der Waals surface area contributed by atoms with Crippen LogP contribution in [-0.4, -0.2) is 55.1 Å². The van der Waals surface area contributed by atoms with Gasteiger partial charge in [-0.05, 0) is 36.2 Å². The molecular weight excluding hydrogens is 421 g/mol. The predicted molar refractivity (Wildman–Crippen MR) is 122 cm³/mol. The summed E-state index contributed by atoms with van der Waals surface area (Å²) in [6, 6.07) is 12.1. The maximum absolute atomic E-state index is 11.6. The van der Waals surface area contributed by atoms with Crippen LogP contribution in [0.5, 0.6) is 0 Å². The molecule has 1 amide bonds. The van der Waals surface area contributed by atoms with Crippen LogP contribution in [0.25, 0.3) is 0 Å². The van der Waals surface area contributed by atoms with Gasteiger partial charge in [-0.1, -0.05) is 12.1 Å². The largest absolute Gasteiger partial charge is 0.367 e. The summed E-state index contributed by atoms with van der Waals surface area (Å²) in [4.78, 5) is 20.5. The molecule has 2 heterocycles. The predicted octanol–water partition coefficient (Wildman–Crippen LogP) is 2.61. The first-order chi connectivity index (χ1) is 12.3. The number of aromatic nitrogens is 1. The topological polar surface area (TPSA) is 74.5 Å². The van der Waals surface area contributed by atoms with Crippen LogP contribution in [0.15, 0.2) is 48.8 Å². The van der Waals surface area contributed by atoms with Crippen molar-refractivity contribution in [2.45, 2.75) is 6.42 Å². The Hall–Kier alpha value is -1.57. The van der Waals surface area contributed by atoms with Crippen molar-refractivity contribution in [3.05, 3.63) is 54.4 Å². The molecule has 1 saturated heterocycles. The van der Waals surface area contributed by atoms with E-state index < -0.39 is 0 Å². The minimum atomic E-state index is -0.163. The Kier molecular flexibility index (Phi) is 12.8. The first-order valence-corrected chi connectivity index (χ1v) is 8.71. The molecule has 0 aliphatic carbocycles. The number of carbonyl (C=O) groups is 1. The van der Waals surface area contributed by atoms with Gasteiger partial charge < -0.3 is 16.0 Å². The highest BCUT2D eigenvalue weighted by Crippen LogP contribution is 2.26. The van der Waals surface area contributed by atoms with Gasteiger partial charge in [0.25, 0.3) is 0 Å². The molecule has 0 saturated carbocycles. The normalized spacial score (nSPS) is 13.5. The molecule has 3 N–H and O–H groups in total. The van der Waals surface area contributed by atoms with E-state index in [0.29, 0.717) is 0 Å². The van der Waals surface area contributed by atoms with Crippen LogP contribution in [-0.2, 0) is 11.2 Å². The lowest BCUT2D eigenvalue weighted by Gasteiger charge is -2.37. The van der Waals surface area contributed by atoms with Crippen molar-refractivity contribution in [2.75, 3.05) is 49.5 Å². The second kappa shape index (κ2) is 13.6. The fourth-order valence-corrected chi connectivity index (χ4v) is 3.11. The zero-order valence-electron chi connectivity index (χ0n) is 15.6. The number of amides is 1. The van der Waals surface area contributed by atoms with E-state index in [1.165, 1.54) is 5.56 Å². The number of rotatable bonds is 6. The van der Waals surface area contributed by atoms with E-state index in [9.17, 15) is 4.79 Å². The highest BCUT2D eigenvalue weighted by Gasteiger charge is 2.19. The molecule has 9 heteroatoms. The van der Waals surface area contributed by atoms with Crippen LogP contribution < -0.4 is 16.0 Å². The number of nitrogens with one attached hydrogen (secondary N) is 1. The van der Waals surface area contributed by atoms with Crippen LogP contribution in [0, 0.1) is 0 Å². The van der Waals surface area contributed by atoms with Crippen molar-refractivity contribution in [3.8, 4) is 0 Å². The van der Waals surface area contributed by atoms with Gasteiger partial charge in [0, 0.05) is 45.1 Å². The number of halogens is 3. The summed E-state index contributed by atoms with van der Waals surface area (Å²) in [6.07, 6.45) is 4.74. The smallest absolute Gasteiger partial charge is 0.238 e. The summed E-state index contributed by atoms with van der Waals surface area (Å²) in [7, 11) is 0. The molecule has 1 aliphatic rings. The third kappa shape index (κ3) is 7.45. The Morgan fingerprint density at radius 1 is 1.00 bits per heavy atom. The number of hydrogen-bond donors (Lipinski definition) is 2. The number of anilines is 2. The molecule has 3 rings (SSSR count). The Balaban J connectivity index is 0.00000243. The minimum absolute atomic E-state index is 0. The van der Waals surface area contributed by atoms with E-state index in [0.717, 1.165) is 50.5 Å². The van der Waals surface area contributed by atoms with E-state index in [-0.39, 0.29) is 49.7 Å². The van der Waals surface area contributed by atoms with Crippen molar-refractivity contribution < 1.29 is 4.79 Å². The zero-order chi connectivity index (χ0) is 17.5. The van der Waals surface area contributed by atoms with Gasteiger partial charge >= 0.3 is 0 Å². The van der Waals surface area contributed by atoms with Gasteiger partial charge in [-0.2, -0.15) is 0 Å². The SMILES string of the molecule is Cl.Cl.Cl.NCC(=O)Nc1ccccc1N1CCN(CCc2ccncc2)CC1. The minimum Gasteiger partial charge on any atom is -0.367 e. The molecule has 28 heavy (non-hydrogen) atoms. The molecule has 2 aromatic rings. The summed E-state index contributed by atoms with van der Waals surface area (Å²) in [6.45, 7) is 4.99. The van der Waals surface area contributed by atoms with Crippen LogP contribution in [0.3, 0.4) is 0 Å². The number of para-hydroxylation sites is 2. The number of piperazine rings is 1. The van der Waals surface area contributed by atoms with Gasteiger partial charge in [0.05, 0.1) is 17.9 Å². The molecule has 1 aromatic carbocycles. The van der Waals surface area contributed by atoms with Crippen LogP contribution in [0.4, 0.5) is 11.4 Å². The quantitative estimate of drug-likeness (QED) is 0.710. The second-order valence-electron chi connectivity index (χ2n) is 6.20. The monoisotopic (exact) mass is 447 g/mol. The van der Waals surface area contributed by atoms with E-state index in [2.05, 4.69) is 38.3 Å². The molecule has 156 valence electrons. The molecule has 6 nitrogen and oxygen atoms in total. The van der Waals surface area contributed by atoms with Gasteiger partial charge in [0.1, 0.15) is 0 Å². The Labute approximate surface area is 185 Å². The maximum atomic E-state index is 11.6. The molecule has 0 unspecified atom stereocenters. The third-order valence-electron chi connectivity index (χ3n) is 4.54. The zero-order valence-corrected chi connectivity index (χ0v) is 18.1. The Morgan fingerprint density at radius 2 is 1.64 bits per heavy atom. The Morgan fingerprint density at radius 3 is 2.29 bits per heavy atom. The van der Waals surface area contributed by atoms with Crippen LogP contribution >= 0.6 is 37.2 Å². The molecule has 0 spiro atoms. The molecule has 1 aromatic heterocycles. The van der Waals surface area contributed by atoms with Crippen LogP contribution in [0.2, 0.25) is 0 Å². The number of pyridine rings is 1. The standard InChI is InChI=1S/C19H25N5O.3ClH/c20-15-19(25)22-17-3-1-2-4-18(17)24-13-11-23(12-14-24)10-7-16-5-8-21-9-6-16;;;/h1-6,8-9H,7,10-15,20H2,(H,22,25);3*1H. The van der Waals surface area contributed by atoms with Crippen molar-refractivity contribution in [1.82, 2.24) is 9.88 Å². The van der Waals surface area contributed by atoms with Crippen molar-refractivity contribution in [2.24, 2.45) is 5.73 Å². The second-order valence-corrected chi connectivity index (χ2v) is 6.20. The average Bonchev–Trinajstić information content (AvgIpc) is 2.68. The summed E-state index contributed by atoms with van der Waals surface area (Å²) in [5.74, 6) is -0.163. The molecule has 0 radical (unpaired) electrons. The molecule has 0 atom stereocenters. The maximum Gasteiger partial charge on any atom is 0.238 e. The lowest BCUT2D eigenvalue weighted by atomic mass is 10.1. The number of nitrogens with two attached hydrogens (primary N) is 1. The van der Waals surface area contributed by atoms with Crippen LogP contribution in [0.1, 0.15) is 5.56 Å². The molecule has 1 fully saturated rings.